The van der Waals surface area contributed by atoms with Crippen molar-refractivity contribution in [3.8, 4) is 0 Å². The first-order valence-electron chi connectivity index (χ1n) is 8.25. The first-order chi connectivity index (χ1) is 11.1. The molecule has 23 heavy (non-hydrogen) atoms. The second-order valence-corrected chi connectivity index (χ2v) is 7.03. The number of carbonyl (C=O) groups excluding carboxylic acids is 1. The molecule has 122 valence electrons. The van der Waals surface area contributed by atoms with Gasteiger partial charge in [-0.05, 0) is 36.9 Å². The van der Waals surface area contributed by atoms with Gasteiger partial charge in [-0.3, -0.25) is 9.78 Å². The number of fused-ring (bicyclic) bond motifs is 1. The molecule has 1 saturated heterocycles. The summed E-state index contributed by atoms with van der Waals surface area (Å²) in [5.41, 5.74) is 1.44. The zero-order chi connectivity index (χ0) is 16.3. The van der Waals surface area contributed by atoms with E-state index in [1.807, 2.05) is 18.2 Å². The van der Waals surface area contributed by atoms with E-state index in [0.29, 0.717) is 23.2 Å². The molecule has 5 heteroatoms. The van der Waals surface area contributed by atoms with Gasteiger partial charge in [0.2, 0.25) is 0 Å². The average molecular weight is 312 g/mol. The van der Waals surface area contributed by atoms with E-state index in [4.69, 9.17) is 0 Å². The molecule has 2 aromatic rings. The molecular weight excluding hydrogens is 288 g/mol. The number of likely N-dealkylation sites (tertiary alicyclic amines) is 1. The van der Waals surface area contributed by atoms with E-state index in [1.165, 1.54) is 12.8 Å². The van der Waals surface area contributed by atoms with E-state index in [2.05, 4.69) is 34.0 Å². The van der Waals surface area contributed by atoms with Gasteiger partial charge >= 0.3 is 0 Å². The van der Waals surface area contributed by atoms with Crippen molar-refractivity contribution in [1.29, 1.82) is 0 Å². The van der Waals surface area contributed by atoms with Gasteiger partial charge in [0.25, 0.3) is 5.91 Å². The minimum Gasteiger partial charge on any atom is -0.349 e. The average Bonchev–Trinajstić information content (AvgIpc) is 2.53. The van der Waals surface area contributed by atoms with E-state index in [1.54, 1.807) is 12.4 Å². The van der Waals surface area contributed by atoms with Gasteiger partial charge in [-0.2, -0.15) is 0 Å². The lowest BCUT2D eigenvalue weighted by molar-refractivity contribution is 0.0922. The fourth-order valence-corrected chi connectivity index (χ4v) is 3.32. The van der Waals surface area contributed by atoms with Crippen molar-refractivity contribution in [2.45, 2.75) is 26.7 Å². The van der Waals surface area contributed by atoms with Gasteiger partial charge in [0.15, 0.2) is 5.69 Å². The van der Waals surface area contributed by atoms with Crippen LogP contribution in [-0.4, -0.2) is 47.0 Å². The van der Waals surface area contributed by atoms with Crippen LogP contribution in [0.15, 0.2) is 30.6 Å². The zero-order valence-electron chi connectivity index (χ0n) is 13.9. The highest BCUT2D eigenvalue weighted by Gasteiger charge is 2.25. The summed E-state index contributed by atoms with van der Waals surface area (Å²) in [6.07, 6.45) is 5.86. The van der Waals surface area contributed by atoms with Crippen LogP contribution in [-0.2, 0) is 0 Å². The van der Waals surface area contributed by atoms with Crippen molar-refractivity contribution in [2.24, 2.45) is 5.41 Å². The van der Waals surface area contributed by atoms with Gasteiger partial charge in [0.05, 0.1) is 0 Å². The summed E-state index contributed by atoms with van der Waals surface area (Å²) in [6.45, 7) is 8.35. The van der Waals surface area contributed by atoms with Gasteiger partial charge in [0.1, 0.15) is 5.52 Å². The maximum atomic E-state index is 12.4. The molecule has 0 bridgehead atoms. The fourth-order valence-electron chi connectivity index (χ4n) is 3.32. The summed E-state index contributed by atoms with van der Waals surface area (Å²) in [4.78, 5) is 23.3. The second-order valence-electron chi connectivity index (χ2n) is 7.03. The molecule has 3 heterocycles. The SMILES string of the molecule is CC1(C)CCCN(CCNC(=O)c2nccc3cccnc23)C1. The summed E-state index contributed by atoms with van der Waals surface area (Å²) < 4.78 is 0. The summed E-state index contributed by atoms with van der Waals surface area (Å²) >= 11 is 0. The Morgan fingerprint density at radius 1 is 1.30 bits per heavy atom. The first-order valence-corrected chi connectivity index (χ1v) is 8.25. The normalized spacial score (nSPS) is 18.0. The fraction of sp³-hybridized carbons (Fsp3) is 0.500. The molecule has 1 fully saturated rings. The molecule has 0 saturated carbocycles. The van der Waals surface area contributed by atoms with Crippen LogP contribution in [0.2, 0.25) is 0 Å². The minimum absolute atomic E-state index is 0.148. The Labute approximate surface area is 137 Å². The highest BCUT2D eigenvalue weighted by Crippen LogP contribution is 2.27. The maximum Gasteiger partial charge on any atom is 0.272 e. The molecular formula is C18H24N4O. The van der Waals surface area contributed by atoms with E-state index < -0.39 is 0 Å². The quantitative estimate of drug-likeness (QED) is 0.942. The Balaban J connectivity index is 1.59. The number of pyridine rings is 2. The smallest absolute Gasteiger partial charge is 0.272 e. The number of hydrogen-bond acceptors (Lipinski definition) is 4. The molecule has 5 nitrogen and oxygen atoms in total. The van der Waals surface area contributed by atoms with Gasteiger partial charge in [-0.1, -0.05) is 19.9 Å². The molecule has 0 radical (unpaired) electrons. The Morgan fingerprint density at radius 2 is 2.17 bits per heavy atom. The number of piperidine rings is 1. The number of nitrogens with zero attached hydrogens (tertiary/aromatic N) is 3. The second kappa shape index (κ2) is 6.62. The van der Waals surface area contributed by atoms with Crippen molar-refractivity contribution >= 4 is 16.8 Å². The van der Waals surface area contributed by atoms with Gasteiger partial charge in [0, 0.05) is 37.4 Å². The summed E-state index contributed by atoms with van der Waals surface area (Å²) in [7, 11) is 0. The predicted octanol–water partition coefficient (Wildman–Crippen LogP) is 2.48. The Hall–Kier alpha value is -2.01. The van der Waals surface area contributed by atoms with E-state index in [0.717, 1.165) is 25.0 Å². The zero-order valence-corrected chi connectivity index (χ0v) is 13.9. The molecule has 0 atom stereocenters. The third-order valence-electron chi connectivity index (χ3n) is 4.43. The predicted molar refractivity (Wildman–Crippen MR) is 91.3 cm³/mol. The number of amides is 1. The summed E-state index contributed by atoms with van der Waals surface area (Å²) in [5.74, 6) is -0.148. The molecule has 1 amide bonds. The molecule has 0 spiro atoms. The third kappa shape index (κ3) is 3.85. The van der Waals surface area contributed by atoms with Crippen LogP contribution in [0.4, 0.5) is 0 Å². The van der Waals surface area contributed by atoms with Crippen LogP contribution >= 0.6 is 0 Å². The number of nitrogens with one attached hydrogen (secondary N) is 1. The molecule has 1 N–H and O–H groups in total. The maximum absolute atomic E-state index is 12.4. The Morgan fingerprint density at radius 3 is 3.00 bits per heavy atom. The lowest BCUT2D eigenvalue weighted by Crippen LogP contribution is -2.43. The van der Waals surface area contributed by atoms with E-state index in [-0.39, 0.29) is 5.91 Å². The molecule has 0 aliphatic carbocycles. The Bertz CT molecular complexity index is 693. The molecule has 2 aromatic heterocycles. The monoisotopic (exact) mass is 312 g/mol. The van der Waals surface area contributed by atoms with Crippen LogP contribution in [0.3, 0.4) is 0 Å². The van der Waals surface area contributed by atoms with Crippen molar-refractivity contribution in [3.05, 3.63) is 36.3 Å². The van der Waals surface area contributed by atoms with Crippen LogP contribution in [0.5, 0.6) is 0 Å². The topological polar surface area (TPSA) is 58.1 Å². The van der Waals surface area contributed by atoms with Crippen LogP contribution < -0.4 is 5.32 Å². The standard InChI is InChI=1S/C18H24N4O/c1-18(2)7-4-11-22(13-18)12-10-21-17(23)16-15-14(6-9-20-16)5-3-8-19-15/h3,5-6,8-9H,4,7,10-13H2,1-2H3,(H,21,23). The van der Waals surface area contributed by atoms with Gasteiger partial charge in [-0.15, -0.1) is 0 Å². The first kappa shape index (κ1) is 15.9. The Kier molecular flexibility index (Phi) is 4.57. The summed E-state index contributed by atoms with van der Waals surface area (Å²) in [6, 6.07) is 5.67. The lowest BCUT2D eigenvalue weighted by atomic mass is 9.84. The van der Waals surface area contributed by atoms with Crippen molar-refractivity contribution in [3.63, 3.8) is 0 Å². The van der Waals surface area contributed by atoms with Crippen molar-refractivity contribution in [1.82, 2.24) is 20.2 Å². The lowest BCUT2D eigenvalue weighted by Gasteiger charge is -2.38. The molecule has 0 aromatic carbocycles. The van der Waals surface area contributed by atoms with E-state index in [9.17, 15) is 4.79 Å². The van der Waals surface area contributed by atoms with Crippen LogP contribution in [0.1, 0.15) is 37.2 Å². The number of hydrogen-bond donors (Lipinski definition) is 1. The highest BCUT2D eigenvalue weighted by molar-refractivity contribution is 6.03. The summed E-state index contributed by atoms with van der Waals surface area (Å²) in [5, 5.41) is 3.92. The molecule has 3 rings (SSSR count). The largest absolute Gasteiger partial charge is 0.349 e. The van der Waals surface area contributed by atoms with Crippen molar-refractivity contribution < 1.29 is 4.79 Å². The minimum atomic E-state index is -0.148. The number of aromatic nitrogens is 2. The van der Waals surface area contributed by atoms with E-state index >= 15 is 0 Å². The number of carbonyl (C=O) groups is 1. The molecule has 0 unspecified atom stereocenters. The number of rotatable bonds is 4. The molecule has 1 aliphatic rings. The van der Waals surface area contributed by atoms with Crippen LogP contribution in [0, 0.1) is 5.41 Å². The van der Waals surface area contributed by atoms with Crippen LogP contribution in [0.25, 0.3) is 10.9 Å². The third-order valence-corrected chi connectivity index (χ3v) is 4.43. The van der Waals surface area contributed by atoms with Gasteiger partial charge < -0.3 is 10.2 Å². The van der Waals surface area contributed by atoms with Gasteiger partial charge in [-0.25, -0.2) is 4.98 Å². The highest BCUT2D eigenvalue weighted by atomic mass is 16.1. The van der Waals surface area contributed by atoms with Crippen molar-refractivity contribution in [2.75, 3.05) is 26.2 Å². The molecule has 1 aliphatic heterocycles.